The number of Topliss-reactive ketones (excluding diaryl/α,β-unsaturated/α-hetero) is 1. The second-order valence-corrected chi connectivity index (χ2v) is 11.3. The first kappa shape index (κ1) is 10.7. The van der Waals surface area contributed by atoms with E-state index in [-0.39, 0.29) is 0 Å². The van der Waals surface area contributed by atoms with E-state index in [1.165, 1.54) is 11.6 Å². The molecule has 4 atom stereocenters. The summed E-state index contributed by atoms with van der Waals surface area (Å²) in [7, 11) is -1.51. The van der Waals surface area contributed by atoms with Crippen molar-refractivity contribution in [3.63, 3.8) is 0 Å². The van der Waals surface area contributed by atoms with E-state index >= 15 is 0 Å². The van der Waals surface area contributed by atoms with Gasteiger partial charge in [0.05, 0.1) is 8.07 Å². The molecule has 1 nitrogen and oxygen atoms in total. The molecule has 1 aliphatic heterocycles. The van der Waals surface area contributed by atoms with Gasteiger partial charge < -0.3 is 0 Å². The molecule has 1 aromatic carbocycles. The van der Waals surface area contributed by atoms with Crippen LogP contribution in [-0.2, 0) is 0 Å². The molecule has 0 radical (unpaired) electrons. The average molecular weight is 254 g/mol. The van der Waals surface area contributed by atoms with E-state index in [0.717, 1.165) is 5.56 Å². The Morgan fingerprint density at radius 2 is 1.83 bits per heavy atom. The van der Waals surface area contributed by atoms with Gasteiger partial charge in [0.25, 0.3) is 0 Å². The van der Waals surface area contributed by atoms with Crippen LogP contribution in [0.15, 0.2) is 36.4 Å². The highest BCUT2D eigenvalue weighted by atomic mass is 28.3. The minimum Gasteiger partial charge on any atom is -0.294 e. The van der Waals surface area contributed by atoms with Gasteiger partial charge in [0.1, 0.15) is 0 Å². The Labute approximate surface area is 109 Å². The normalized spacial score (nSPS) is 38.7. The van der Waals surface area contributed by atoms with Crippen molar-refractivity contribution < 1.29 is 4.79 Å². The van der Waals surface area contributed by atoms with Crippen LogP contribution in [-0.4, -0.2) is 13.9 Å². The Kier molecular flexibility index (Phi) is 1.93. The number of hydrogen-bond donors (Lipinski definition) is 0. The van der Waals surface area contributed by atoms with Gasteiger partial charge in [0.2, 0.25) is 0 Å². The van der Waals surface area contributed by atoms with Crippen LogP contribution < -0.4 is 5.19 Å². The third-order valence-corrected chi connectivity index (χ3v) is 9.76. The molecule has 4 unspecified atom stereocenters. The summed E-state index contributed by atoms with van der Waals surface area (Å²) >= 11 is 0. The highest BCUT2D eigenvalue weighted by Gasteiger charge is 2.58. The maximum absolute atomic E-state index is 12.8. The molecule has 1 saturated carbocycles. The molecular formula is C16H18OSi. The average Bonchev–Trinajstić information content (AvgIpc) is 2.97. The lowest BCUT2D eigenvalue weighted by molar-refractivity contribution is 0.0897. The second kappa shape index (κ2) is 3.24. The molecule has 3 aliphatic rings. The fourth-order valence-corrected chi connectivity index (χ4v) is 9.18. The molecule has 0 saturated heterocycles. The zero-order valence-electron chi connectivity index (χ0n) is 10.9. The quantitative estimate of drug-likeness (QED) is 0.514. The topological polar surface area (TPSA) is 17.1 Å². The van der Waals surface area contributed by atoms with E-state index in [0.29, 0.717) is 29.1 Å². The molecular weight excluding hydrogens is 236 g/mol. The van der Waals surface area contributed by atoms with Gasteiger partial charge in [-0.2, -0.15) is 0 Å². The maximum Gasteiger partial charge on any atom is 0.166 e. The van der Waals surface area contributed by atoms with Crippen LogP contribution in [0.4, 0.5) is 0 Å². The van der Waals surface area contributed by atoms with Crippen molar-refractivity contribution in [3.05, 3.63) is 42.0 Å². The van der Waals surface area contributed by atoms with Gasteiger partial charge in [0, 0.05) is 11.5 Å². The van der Waals surface area contributed by atoms with Gasteiger partial charge in [0.15, 0.2) is 5.78 Å². The highest BCUT2D eigenvalue weighted by Crippen LogP contribution is 2.58. The molecule has 0 spiro atoms. The molecule has 18 heavy (non-hydrogen) atoms. The molecule has 0 N–H and O–H groups in total. The van der Waals surface area contributed by atoms with Crippen LogP contribution in [0.2, 0.25) is 18.6 Å². The lowest BCUT2D eigenvalue weighted by Gasteiger charge is -2.43. The summed E-state index contributed by atoms with van der Waals surface area (Å²) in [5.74, 6) is 1.95. The summed E-state index contributed by atoms with van der Waals surface area (Å²) in [5, 5.41) is 1.40. The molecule has 0 amide bonds. The van der Waals surface area contributed by atoms with Crippen molar-refractivity contribution in [2.45, 2.75) is 25.1 Å². The van der Waals surface area contributed by atoms with Gasteiger partial charge in [-0.3, -0.25) is 4.79 Å². The van der Waals surface area contributed by atoms with E-state index < -0.39 is 8.07 Å². The van der Waals surface area contributed by atoms with Crippen molar-refractivity contribution in [1.29, 1.82) is 0 Å². The first-order valence-electron chi connectivity index (χ1n) is 6.93. The lowest BCUT2D eigenvalue weighted by Crippen LogP contribution is -2.57. The molecule has 92 valence electrons. The number of hydrogen-bond acceptors (Lipinski definition) is 1. The van der Waals surface area contributed by atoms with E-state index in [1.54, 1.807) is 0 Å². The SMILES string of the molecule is C[Si]1(C)c2ccccc2C(=O)C2C3C=CC(C3)C21. The number of allylic oxidation sites excluding steroid dienone is 2. The third-order valence-electron chi connectivity index (χ3n) is 5.48. The first-order valence-corrected chi connectivity index (χ1v) is 10.0. The van der Waals surface area contributed by atoms with Gasteiger partial charge in [-0.1, -0.05) is 49.5 Å². The maximum atomic E-state index is 12.8. The summed E-state index contributed by atoms with van der Waals surface area (Å²) in [6, 6.07) is 8.39. The third kappa shape index (κ3) is 1.10. The largest absolute Gasteiger partial charge is 0.294 e. The van der Waals surface area contributed by atoms with Crippen molar-refractivity contribution in [2.24, 2.45) is 17.8 Å². The predicted molar refractivity (Wildman–Crippen MR) is 75.9 cm³/mol. The van der Waals surface area contributed by atoms with Gasteiger partial charge in [-0.05, 0) is 29.0 Å². The van der Waals surface area contributed by atoms with Crippen LogP contribution in [0, 0.1) is 17.8 Å². The summed E-state index contributed by atoms with van der Waals surface area (Å²) in [4.78, 5) is 12.8. The Balaban J connectivity index is 1.97. The van der Waals surface area contributed by atoms with Gasteiger partial charge in [-0.15, -0.1) is 0 Å². The van der Waals surface area contributed by atoms with Crippen LogP contribution in [0.25, 0.3) is 0 Å². The number of rotatable bonds is 0. The molecule has 2 aliphatic carbocycles. The van der Waals surface area contributed by atoms with Gasteiger partial charge in [-0.25, -0.2) is 0 Å². The summed E-state index contributed by atoms with van der Waals surface area (Å²) in [6.45, 7) is 4.93. The number of ketones is 1. The Bertz CT molecular complexity index is 572. The van der Waals surface area contributed by atoms with Crippen molar-refractivity contribution >= 4 is 19.0 Å². The van der Waals surface area contributed by atoms with Crippen molar-refractivity contribution in [1.82, 2.24) is 0 Å². The molecule has 4 rings (SSSR count). The summed E-state index contributed by atoms with van der Waals surface area (Å²) < 4.78 is 0. The monoisotopic (exact) mass is 254 g/mol. The van der Waals surface area contributed by atoms with Crippen LogP contribution in [0.3, 0.4) is 0 Å². The zero-order valence-corrected chi connectivity index (χ0v) is 11.9. The van der Waals surface area contributed by atoms with Gasteiger partial charge >= 0.3 is 0 Å². The fourth-order valence-electron chi connectivity index (χ4n) is 4.78. The number of fused-ring (bicyclic) bond motifs is 6. The summed E-state index contributed by atoms with van der Waals surface area (Å²) in [5.41, 5.74) is 1.69. The second-order valence-electron chi connectivity index (χ2n) is 6.63. The minimum atomic E-state index is -1.51. The molecule has 1 heterocycles. The summed E-state index contributed by atoms with van der Waals surface area (Å²) in [6.07, 6.45) is 5.93. The fraction of sp³-hybridized carbons (Fsp3) is 0.438. The molecule has 0 aromatic heterocycles. The zero-order chi connectivity index (χ0) is 12.5. The molecule has 1 aromatic rings. The Hall–Kier alpha value is -1.15. The van der Waals surface area contributed by atoms with E-state index in [1.807, 2.05) is 6.07 Å². The number of benzene rings is 1. The van der Waals surface area contributed by atoms with Crippen LogP contribution in [0.5, 0.6) is 0 Å². The number of carbonyl (C=O) groups is 1. The van der Waals surface area contributed by atoms with Crippen molar-refractivity contribution in [2.75, 3.05) is 0 Å². The molecule has 2 heteroatoms. The molecule has 1 fully saturated rings. The van der Waals surface area contributed by atoms with Crippen LogP contribution in [0.1, 0.15) is 16.8 Å². The smallest absolute Gasteiger partial charge is 0.166 e. The van der Waals surface area contributed by atoms with Crippen molar-refractivity contribution in [3.8, 4) is 0 Å². The Morgan fingerprint density at radius 3 is 2.67 bits per heavy atom. The molecule has 2 bridgehead atoms. The predicted octanol–water partition coefficient (Wildman–Crippen LogP) is 2.99. The van der Waals surface area contributed by atoms with E-state index in [2.05, 4.69) is 43.4 Å². The highest BCUT2D eigenvalue weighted by molar-refractivity contribution is 6.92. The van der Waals surface area contributed by atoms with E-state index in [9.17, 15) is 4.79 Å². The minimum absolute atomic E-state index is 0.302. The first-order chi connectivity index (χ1) is 8.60. The van der Waals surface area contributed by atoms with Crippen LogP contribution >= 0.6 is 0 Å². The Morgan fingerprint density at radius 1 is 1.11 bits per heavy atom. The number of carbonyl (C=O) groups excluding carboxylic acids is 1. The van der Waals surface area contributed by atoms with E-state index in [4.69, 9.17) is 0 Å². The standard InChI is InChI=1S/C16H18OSi/c1-18(2)13-6-4-3-5-12(13)15(17)14-10-7-8-11(9-10)16(14)18/h3-8,10-11,14,16H,9H2,1-2H3. The lowest BCUT2D eigenvalue weighted by atomic mass is 9.85.